The number of aromatic nitrogens is 3. The van der Waals surface area contributed by atoms with Gasteiger partial charge in [0.15, 0.2) is 0 Å². The largest absolute Gasteiger partial charge is 0.363 e. The van der Waals surface area contributed by atoms with Crippen LogP contribution in [0.3, 0.4) is 0 Å². The SMILES string of the molecule is CC(Nc1nccc2c(Br)cccc12)c1cn[nH]c1. The van der Waals surface area contributed by atoms with Gasteiger partial charge in [0.1, 0.15) is 5.82 Å². The number of aromatic amines is 1. The molecule has 0 saturated heterocycles. The Morgan fingerprint density at radius 3 is 2.95 bits per heavy atom. The minimum absolute atomic E-state index is 0.149. The molecular formula is C14H13BrN4. The molecule has 0 fully saturated rings. The highest BCUT2D eigenvalue weighted by Crippen LogP contribution is 2.29. The minimum atomic E-state index is 0.149. The highest BCUT2D eigenvalue weighted by atomic mass is 79.9. The third-order valence-corrected chi connectivity index (χ3v) is 3.82. The maximum Gasteiger partial charge on any atom is 0.134 e. The van der Waals surface area contributed by atoms with Crippen LogP contribution in [0.5, 0.6) is 0 Å². The Morgan fingerprint density at radius 1 is 1.26 bits per heavy atom. The smallest absolute Gasteiger partial charge is 0.134 e. The lowest BCUT2D eigenvalue weighted by Gasteiger charge is -2.14. The topological polar surface area (TPSA) is 53.6 Å². The Bertz CT molecular complexity index is 694. The zero-order valence-corrected chi connectivity index (χ0v) is 12.0. The standard InChI is InChI=1S/C14H13BrN4/c1-9(10-7-17-18-8-10)19-14-12-3-2-4-13(15)11(12)5-6-16-14/h2-9H,1H3,(H,16,19)(H,17,18). The van der Waals surface area contributed by atoms with Crippen LogP contribution in [0, 0.1) is 0 Å². The fourth-order valence-corrected chi connectivity index (χ4v) is 2.57. The molecule has 1 aromatic carbocycles. The van der Waals surface area contributed by atoms with E-state index in [4.69, 9.17) is 0 Å². The van der Waals surface area contributed by atoms with Gasteiger partial charge in [0.05, 0.1) is 12.2 Å². The van der Waals surface area contributed by atoms with Crippen LogP contribution in [0.15, 0.2) is 47.3 Å². The Balaban J connectivity index is 1.99. The lowest BCUT2D eigenvalue weighted by Crippen LogP contribution is -2.07. The highest BCUT2D eigenvalue weighted by molar-refractivity contribution is 9.10. The average molecular weight is 317 g/mol. The Kier molecular flexibility index (Phi) is 3.21. The zero-order chi connectivity index (χ0) is 13.2. The van der Waals surface area contributed by atoms with Crippen LogP contribution in [0.4, 0.5) is 5.82 Å². The first-order valence-corrected chi connectivity index (χ1v) is 6.83. The van der Waals surface area contributed by atoms with E-state index >= 15 is 0 Å². The summed E-state index contributed by atoms with van der Waals surface area (Å²) in [6.07, 6.45) is 5.52. The molecule has 0 aliphatic heterocycles. The zero-order valence-electron chi connectivity index (χ0n) is 10.4. The predicted molar refractivity (Wildman–Crippen MR) is 80.1 cm³/mol. The summed E-state index contributed by atoms with van der Waals surface area (Å²) >= 11 is 3.57. The molecule has 19 heavy (non-hydrogen) atoms. The van der Waals surface area contributed by atoms with Gasteiger partial charge < -0.3 is 5.32 Å². The van der Waals surface area contributed by atoms with E-state index in [1.54, 1.807) is 0 Å². The summed E-state index contributed by atoms with van der Waals surface area (Å²) < 4.78 is 1.08. The monoisotopic (exact) mass is 316 g/mol. The molecule has 0 bridgehead atoms. The Morgan fingerprint density at radius 2 is 2.16 bits per heavy atom. The summed E-state index contributed by atoms with van der Waals surface area (Å²) in [5, 5.41) is 12.5. The van der Waals surface area contributed by atoms with Crippen molar-refractivity contribution in [1.29, 1.82) is 0 Å². The van der Waals surface area contributed by atoms with Gasteiger partial charge in [-0.25, -0.2) is 4.98 Å². The summed E-state index contributed by atoms with van der Waals surface area (Å²) in [6, 6.07) is 8.27. The van der Waals surface area contributed by atoms with Crippen molar-refractivity contribution in [3.05, 3.63) is 52.9 Å². The summed E-state index contributed by atoms with van der Waals surface area (Å²) in [6.45, 7) is 2.09. The van der Waals surface area contributed by atoms with E-state index in [0.29, 0.717) is 0 Å². The molecule has 0 aliphatic rings. The van der Waals surface area contributed by atoms with Gasteiger partial charge in [0.2, 0.25) is 0 Å². The van der Waals surface area contributed by atoms with Crippen LogP contribution < -0.4 is 5.32 Å². The molecule has 0 amide bonds. The number of nitrogens with zero attached hydrogens (tertiary/aromatic N) is 2. The number of anilines is 1. The third kappa shape index (κ3) is 2.33. The number of fused-ring (bicyclic) bond motifs is 1. The molecule has 0 radical (unpaired) electrons. The van der Waals surface area contributed by atoms with Crippen LogP contribution in [-0.4, -0.2) is 15.2 Å². The van der Waals surface area contributed by atoms with Gasteiger partial charge in [0, 0.05) is 33.2 Å². The molecule has 3 aromatic rings. The van der Waals surface area contributed by atoms with Crippen molar-refractivity contribution in [1.82, 2.24) is 15.2 Å². The summed E-state index contributed by atoms with van der Waals surface area (Å²) in [5.74, 6) is 0.882. The maximum atomic E-state index is 4.44. The molecule has 2 heterocycles. The molecule has 96 valence electrons. The first-order chi connectivity index (χ1) is 9.25. The van der Waals surface area contributed by atoms with Crippen molar-refractivity contribution in [2.24, 2.45) is 0 Å². The lowest BCUT2D eigenvalue weighted by molar-refractivity contribution is 0.879. The average Bonchev–Trinajstić information content (AvgIpc) is 2.94. The van der Waals surface area contributed by atoms with E-state index in [9.17, 15) is 0 Å². The first kappa shape index (κ1) is 12.2. The molecular weight excluding hydrogens is 304 g/mol. The fourth-order valence-electron chi connectivity index (χ4n) is 2.07. The van der Waals surface area contributed by atoms with Gasteiger partial charge in [-0.2, -0.15) is 5.10 Å². The molecule has 4 nitrogen and oxygen atoms in total. The van der Waals surface area contributed by atoms with Crippen LogP contribution in [0.2, 0.25) is 0 Å². The second-order valence-electron chi connectivity index (χ2n) is 4.39. The molecule has 1 unspecified atom stereocenters. The van der Waals surface area contributed by atoms with Crippen LogP contribution in [-0.2, 0) is 0 Å². The van der Waals surface area contributed by atoms with Crippen molar-refractivity contribution in [3.8, 4) is 0 Å². The number of H-pyrrole nitrogens is 1. The summed E-state index contributed by atoms with van der Waals surface area (Å²) in [7, 11) is 0. The predicted octanol–water partition coefficient (Wildman–Crippen LogP) is 3.89. The van der Waals surface area contributed by atoms with Crippen LogP contribution >= 0.6 is 15.9 Å². The van der Waals surface area contributed by atoms with E-state index in [1.807, 2.05) is 36.8 Å². The summed E-state index contributed by atoms with van der Waals surface area (Å²) in [4.78, 5) is 4.44. The van der Waals surface area contributed by atoms with Gasteiger partial charge >= 0.3 is 0 Å². The molecule has 5 heteroatoms. The number of hydrogen-bond acceptors (Lipinski definition) is 3. The Hall–Kier alpha value is -1.88. The molecule has 1 atom stereocenters. The van der Waals surface area contributed by atoms with Crippen molar-refractivity contribution >= 4 is 32.5 Å². The molecule has 2 aromatic heterocycles. The maximum absolute atomic E-state index is 4.44. The highest BCUT2D eigenvalue weighted by Gasteiger charge is 2.10. The first-order valence-electron chi connectivity index (χ1n) is 6.04. The van der Waals surface area contributed by atoms with E-state index in [2.05, 4.69) is 49.4 Å². The number of halogens is 1. The van der Waals surface area contributed by atoms with Crippen LogP contribution in [0.1, 0.15) is 18.5 Å². The number of pyridine rings is 1. The second kappa shape index (κ2) is 5.01. The van der Waals surface area contributed by atoms with Gasteiger partial charge in [-0.3, -0.25) is 5.10 Å². The van der Waals surface area contributed by atoms with Gasteiger partial charge in [-0.05, 0) is 19.1 Å². The van der Waals surface area contributed by atoms with Crippen molar-refractivity contribution in [3.63, 3.8) is 0 Å². The van der Waals surface area contributed by atoms with Gasteiger partial charge in [-0.15, -0.1) is 0 Å². The van der Waals surface area contributed by atoms with E-state index in [1.165, 1.54) is 0 Å². The van der Waals surface area contributed by atoms with E-state index < -0.39 is 0 Å². The van der Waals surface area contributed by atoms with Crippen molar-refractivity contribution in [2.75, 3.05) is 5.32 Å². The van der Waals surface area contributed by atoms with E-state index in [0.717, 1.165) is 26.6 Å². The van der Waals surface area contributed by atoms with Crippen molar-refractivity contribution in [2.45, 2.75) is 13.0 Å². The van der Waals surface area contributed by atoms with Gasteiger partial charge in [-0.1, -0.05) is 28.1 Å². The van der Waals surface area contributed by atoms with Crippen LogP contribution in [0.25, 0.3) is 10.8 Å². The Labute approximate surface area is 119 Å². The normalized spacial score (nSPS) is 12.5. The van der Waals surface area contributed by atoms with Gasteiger partial charge in [0.25, 0.3) is 0 Å². The number of nitrogens with one attached hydrogen (secondary N) is 2. The fraction of sp³-hybridized carbons (Fsp3) is 0.143. The summed E-state index contributed by atoms with van der Waals surface area (Å²) in [5.41, 5.74) is 1.11. The number of benzene rings is 1. The molecule has 0 aliphatic carbocycles. The lowest BCUT2D eigenvalue weighted by atomic mass is 10.1. The molecule has 0 spiro atoms. The third-order valence-electron chi connectivity index (χ3n) is 3.13. The quantitative estimate of drug-likeness (QED) is 0.770. The molecule has 2 N–H and O–H groups in total. The second-order valence-corrected chi connectivity index (χ2v) is 5.25. The van der Waals surface area contributed by atoms with E-state index in [-0.39, 0.29) is 6.04 Å². The number of rotatable bonds is 3. The minimum Gasteiger partial charge on any atom is -0.363 e. The number of hydrogen-bond donors (Lipinski definition) is 2. The van der Waals surface area contributed by atoms with Crippen molar-refractivity contribution < 1.29 is 0 Å². The molecule has 0 saturated carbocycles. The molecule has 3 rings (SSSR count).